The van der Waals surface area contributed by atoms with Gasteiger partial charge in [0.25, 0.3) is 0 Å². The van der Waals surface area contributed by atoms with Crippen molar-refractivity contribution in [2.45, 2.75) is 26.7 Å². The minimum atomic E-state index is -0.722. The summed E-state index contributed by atoms with van der Waals surface area (Å²) in [5.74, 6) is -0.469. The van der Waals surface area contributed by atoms with E-state index >= 15 is 0 Å². The molecule has 22 heavy (non-hydrogen) atoms. The maximum absolute atomic E-state index is 13.7. The minimum Gasteiger partial charge on any atom is -0.494 e. The monoisotopic (exact) mass is 309 g/mol. The number of hydrogen-bond acceptors (Lipinski definition) is 3. The fourth-order valence-corrected chi connectivity index (χ4v) is 3.13. The number of aliphatic carboxylic acids is 1. The summed E-state index contributed by atoms with van der Waals surface area (Å²) in [6, 6.07) is 5.04. The first-order valence-corrected chi connectivity index (χ1v) is 7.62. The first-order valence-electron chi connectivity index (χ1n) is 7.62. The predicted octanol–water partition coefficient (Wildman–Crippen LogP) is 2.81. The molecule has 2 unspecified atom stereocenters. The van der Waals surface area contributed by atoms with Crippen molar-refractivity contribution in [1.82, 2.24) is 4.90 Å². The van der Waals surface area contributed by atoms with Crippen LogP contribution in [0.1, 0.15) is 25.8 Å². The number of hydrogen-bond donors (Lipinski definition) is 1. The molecule has 122 valence electrons. The van der Waals surface area contributed by atoms with Gasteiger partial charge in [-0.1, -0.05) is 13.0 Å². The molecule has 1 aliphatic rings. The molecule has 1 fully saturated rings. The lowest BCUT2D eigenvalue weighted by atomic mass is 9.90. The van der Waals surface area contributed by atoms with E-state index < -0.39 is 11.4 Å². The molecule has 1 aliphatic heterocycles. The molecule has 1 N–H and O–H groups in total. The minimum absolute atomic E-state index is 0.258. The van der Waals surface area contributed by atoms with Gasteiger partial charge in [0.15, 0.2) is 11.6 Å². The van der Waals surface area contributed by atoms with E-state index in [0.717, 1.165) is 25.1 Å². The van der Waals surface area contributed by atoms with Gasteiger partial charge in [0.05, 0.1) is 12.5 Å². The van der Waals surface area contributed by atoms with Gasteiger partial charge in [-0.3, -0.25) is 4.79 Å². The summed E-state index contributed by atoms with van der Waals surface area (Å²) in [6.07, 6.45) is 1.45. The van der Waals surface area contributed by atoms with Crippen molar-refractivity contribution in [3.05, 3.63) is 29.6 Å². The van der Waals surface area contributed by atoms with Crippen LogP contribution in [0.25, 0.3) is 0 Å². The lowest BCUT2D eigenvalue weighted by Gasteiger charge is -2.23. The summed E-state index contributed by atoms with van der Waals surface area (Å²) in [5, 5.41) is 9.26. The van der Waals surface area contributed by atoms with Crippen LogP contribution in [-0.2, 0) is 11.2 Å². The highest BCUT2D eigenvalue weighted by molar-refractivity contribution is 5.74. The zero-order chi connectivity index (χ0) is 16.3. The number of methoxy groups -OCH3 is 1. The second-order valence-electron chi connectivity index (χ2n) is 6.63. The maximum atomic E-state index is 13.7. The highest BCUT2D eigenvalue weighted by atomic mass is 19.1. The molecule has 4 nitrogen and oxygen atoms in total. The van der Waals surface area contributed by atoms with Crippen molar-refractivity contribution in [3.63, 3.8) is 0 Å². The van der Waals surface area contributed by atoms with E-state index in [1.54, 1.807) is 13.0 Å². The van der Waals surface area contributed by atoms with Crippen molar-refractivity contribution in [3.8, 4) is 5.75 Å². The van der Waals surface area contributed by atoms with Crippen LogP contribution in [0.3, 0.4) is 0 Å². The molecule has 0 amide bonds. The fraction of sp³-hybridized carbons (Fsp3) is 0.588. The largest absolute Gasteiger partial charge is 0.494 e. The van der Waals surface area contributed by atoms with Crippen molar-refractivity contribution >= 4 is 5.97 Å². The van der Waals surface area contributed by atoms with Crippen LogP contribution in [-0.4, -0.2) is 42.7 Å². The van der Waals surface area contributed by atoms with Crippen LogP contribution >= 0.6 is 0 Å². The van der Waals surface area contributed by atoms with Crippen molar-refractivity contribution in [2.75, 3.05) is 26.7 Å². The van der Waals surface area contributed by atoms with Gasteiger partial charge in [-0.2, -0.15) is 0 Å². The van der Waals surface area contributed by atoms with E-state index in [-0.39, 0.29) is 11.6 Å². The van der Waals surface area contributed by atoms with Gasteiger partial charge in [0.1, 0.15) is 0 Å². The number of likely N-dealkylation sites (tertiary alicyclic amines) is 1. The average molecular weight is 309 g/mol. The first-order chi connectivity index (χ1) is 10.3. The van der Waals surface area contributed by atoms with E-state index in [1.807, 2.05) is 6.07 Å². The summed E-state index contributed by atoms with van der Waals surface area (Å²) in [7, 11) is 1.45. The van der Waals surface area contributed by atoms with Gasteiger partial charge in [-0.05, 0) is 49.9 Å². The van der Waals surface area contributed by atoms with E-state index in [0.29, 0.717) is 18.9 Å². The first kappa shape index (κ1) is 16.7. The topological polar surface area (TPSA) is 49.8 Å². The molecule has 1 saturated heterocycles. The molecule has 0 aromatic heterocycles. The fourth-order valence-electron chi connectivity index (χ4n) is 3.13. The third-order valence-electron chi connectivity index (χ3n) is 4.44. The normalized spacial score (nSPS) is 23.5. The predicted molar refractivity (Wildman–Crippen MR) is 82.6 cm³/mol. The Kier molecular flexibility index (Phi) is 5.06. The molecular weight excluding hydrogens is 285 g/mol. The number of ether oxygens (including phenoxy) is 1. The van der Waals surface area contributed by atoms with Gasteiger partial charge in [-0.15, -0.1) is 0 Å². The van der Waals surface area contributed by atoms with E-state index in [2.05, 4.69) is 11.8 Å². The van der Waals surface area contributed by atoms with Crippen LogP contribution in [0, 0.1) is 17.2 Å². The summed E-state index contributed by atoms with van der Waals surface area (Å²) in [6.45, 7) is 6.14. The summed E-state index contributed by atoms with van der Waals surface area (Å²) >= 11 is 0. The lowest BCUT2D eigenvalue weighted by molar-refractivity contribution is -0.147. The third kappa shape index (κ3) is 3.77. The molecule has 2 rings (SSSR count). The smallest absolute Gasteiger partial charge is 0.310 e. The molecule has 1 aromatic carbocycles. The number of carboxylic acid groups (broad SMARTS) is 1. The number of nitrogens with zero attached hydrogens (tertiary/aromatic N) is 1. The zero-order valence-corrected chi connectivity index (χ0v) is 13.4. The quantitative estimate of drug-likeness (QED) is 0.878. The molecule has 0 bridgehead atoms. The Balaban J connectivity index is 1.90. The summed E-state index contributed by atoms with van der Waals surface area (Å²) in [4.78, 5) is 13.5. The molecule has 0 radical (unpaired) electrons. The number of carboxylic acids is 1. The van der Waals surface area contributed by atoms with Gasteiger partial charge in [0.2, 0.25) is 0 Å². The summed E-state index contributed by atoms with van der Waals surface area (Å²) in [5.41, 5.74) is 0.303. The molecule has 1 aromatic rings. The average Bonchev–Trinajstić information content (AvgIpc) is 2.81. The van der Waals surface area contributed by atoms with Crippen molar-refractivity contribution in [2.24, 2.45) is 11.3 Å². The number of benzene rings is 1. The van der Waals surface area contributed by atoms with Gasteiger partial charge >= 0.3 is 5.97 Å². The molecule has 1 heterocycles. The number of carbonyl (C=O) groups is 1. The Bertz CT molecular complexity index is 549. The van der Waals surface area contributed by atoms with Gasteiger partial charge in [0, 0.05) is 13.1 Å². The Morgan fingerprint density at radius 2 is 2.27 bits per heavy atom. The molecule has 5 heteroatoms. The highest BCUT2D eigenvalue weighted by Crippen LogP contribution is 2.30. The maximum Gasteiger partial charge on any atom is 0.310 e. The van der Waals surface area contributed by atoms with E-state index in [1.165, 1.54) is 13.2 Å². The van der Waals surface area contributed by atoms with Crippen LogP contribution in [0.2, 0.25) is 0 Å². The zero-order valence-electron chi connectivity index (χ0n) is 13.4. The van der Waals surface area contributed by atoms with Gasteiger partial charge in [-0.25, -0.2) is 4.39 Å². The molecule has 2 atom stereocenters. The number of halogens is 1. The summed E-state index contributed by atoms with van der Waals surface area (Å²) < 4.78 is 18.6. The molecule has 0 spiro atoms. The SMILES string of the molecule is COc1ccc(CC(C)CN2CCC(C)(C(=O)O)C2)cc1F. The third-order valence-corrected chi connectivity index (χ3v) is 4.44. The Labute approximate surface area is 130 Å². The lowest BCUT2D eigenvalue weighted by Crippen LogP contribution is -2.33. The van der Waals surface area contributed by atoms with E-state index in [4.69, 9.17) is 4.74 Å². The Morgan fingerprint density at radius 3 is 2.82 bits per heavy atom. The van der Waals surface area contributed by atoms with Gasteiger partial charge < -0.3 is 14.7 Å². The molecule has 0 saturated carbocycles. The van der Waals surface area contributed by atoms with Crippen molar-refractivity contribution < 1.29 is 19.0 Å². The second kappa shape index (κ2) is 6.65. The standard InChI is InChI=1S/C17H24FNO3/c1-12(8-13-4-5-15(22-3)14(18)9-13)10-19-7-6-17(2,11-19)16(20)21/h4-5,9,12H,6-8,10-11H2,1-3H3,(H,20,21). The second-order valence-corrected chi connectivity index (χ2v) is 6.63. The van der Waals surface area contributed by atoms with E-state index in [9.17, 15) is 14.3 Å². The highest BCUT2D eigenvalue weighted by Gasteiger charge is 2.40. The molecular formula is C17H24FNO3. The van der Waals surface area contributed by atoms with Crippen molar-refractivity contribution in [1.29, 1.82) is 0 Å². The van der Waals surface area contributed by atoms with Crippen LogP contribution in [0.4, 0.5) is 4.39 Å². The number of rotatable bonds is 6. The Hall–Kier alpha value is -1.62. The van der Waals surface area contributed by atoms with Crippen LogP contribution < -0.4 is 4.74 Å². The Morgan fingerprint density at radius 1 is 1.55 bits per heavy atom. The van der Waals surface area contributed by atoms with Crippen LogP contribution in [0.15, 0.2) is 18.2 Å². The van der Waals surface area contributed by atoms with Crippen LogP contribution in [0.5, 0.6) is 5.75 Å². The molecule has 0 aliphatic carbocycles.